The first-order valence-corrected chi connectivity index (χ1v) is 10.8. The molecule has 8 nitrogen and oxygen atoms in total. The van der Waals surface area contributed by atoms with E-state index in [-0.39, 0.29) is 5.75 Å². The van der Waals surface area contributed by atoms with Crippen molar-refractivity contribution in [2.24, 2.45) is 5.73 Å². The SMILES string of the molecule is CC1=C(C(N)=O)C(c2cccc(OCc3ccccc3)c2)n2nc(-c3ccc(O)cc3)nc2N1. The molecule has 1 atom stereocenters. The number of hydrogen-bond acceptors (Lipinski definition) is 6. The second-order valence-corrected chi connectivity index (χ2v) is 8.03. The first-order chi connectivity index (χ1) is 16.5. The number of fused-ring (bicyclic) bond motifs is 1. The first-order valence-electron chi connectivity index (χ1n) is 10.8. The molecule has 0 radical (unpaired) electrons. The molecule has 1 aromatic heterocycles. The van der Waals surface area contributed by atoms with Crippen LogP contribution in [0.4, 0.5) is 5.95 Å². The number of phenolic OH excluding ortho intramolecular Hbond substituents is 1. The van der Waals surface area contributed by atoms with Gasteiger partial charge < -0.3 is 20.9 Å². The molecule has 5 rings (SSSR count). The highest BCUT2D eigenvalue weighted by atomic mass is 16.5. The zero-order valence-electron chi connectivity index (χ0n) is 18.5. The van der Waals surface area contributed by atoms with Crippen molar-refractivity contribution in [3.05, 3.63) is 101 Å². The number of carbonyl (C=O) groups excluding carboxylic acids is 1. The summed E-state index contributed by atoms with van der Waals surface area (Å²) in [6, 6.07) is 23.5. The Kier molecular flexibility index (Phi) is 5.47. The number of nitrogens with zero attached hydrogens (tertiary/aromatic N) is 3. The molecule has 0 fully saturated rings. The average Bonchev–Trinajstić information content (AvgIpc) is 3.26. The number of allylic oxidation sites excluding steroid dienone is 1. The molecular formula is C26H23N5O3. The molecule has 170 valence electrons. The van der Waals surface area contributed by atoms with Gasteiger partial charge in [0.25, 0.3) is 0 Å². The van der Waals surface area contributed by atoms with Gasteiger partial charge in [0.1, 0.15) is 24.1 Å². The van der Waals surface area contributed by atoms with Crippen LogP contribution >= 0.6 is 0 Å². The summed E-state index contributed by atoms with van der Waals surface area (Å²) >= 11 is 0. The highest BCUT2D eigenvalue weighted by molar-refractivity contribution is 5.95. The Hall–Kier alpha value is -4.59. The fraction of sp³-hybridized carbons (Fsp3) is 0.115. The number of aromatic hydroxyl groups is 1. The van der Waals surface area contributed by atoms with E-state index in [1.807, 2.05) is 54.6 Å². The van der Waals surface area contributed by atoms with Gasteiger partial charge >= 0.3 is 0 Å². The molecule has 1 amide bonds. The summed E-state index contributed by atoms with van der Waals surface area (Å²) in [4.78, 5) is 17.1. The van der Waals surface area contributed by atoms with Gasteiger partial charge in [-0.25, -0.2) is 4.68 Å². The molecule has 8 heteroatoms. The minimum absolute atomic E-state index is 0.157. The molecule has 0 spiro atoms. The molecule has 4 aromatic rings. The standard InChI is InChI=1S/C26H23N5O3/c1-16-22(24(27)33)23(19-8-5-9-21(14-19)34-15-17-6-3-2-4-7-17)31-26(28-16)29-25(30-31)18-10-12-20(32)13-11-18/h2-14,23,32H,15H2,1H3,(H2,27,33)(H,28,29,30). The van der Waals surface area contributed by atoms with E-state index in [9.17, 15) is 9.90 Å². The predicted octanol–water partition coefficient (Wildman–Crippen LogP) is 4.00. The Balaban J connectivity index is 1.53. The van der Waals surface area contributed by atoms with E-state index < -0.39 is 11.9 Å². The van der Waals surface area contributed by atoms with E-state index in [0.717, 1.165) is 16.7 Å². The summed E-state index contributed by atoms with van der Waals surface area (Å²) in [5, 5.41) is 17.4. The highest BCUT2D eigenvalue weighted by Gasteiger charge is 2.33. The lowest BCUT2D eigenvalue weighted by Gasteiger charge is -2.27. The van der Waals surface area contributed by atoms with Crippen molar-refractivity contribution >= 4 is 11.9 Å². The molecule has 34 heavy (non-hydrogen) atoms. The van der Waals surface area contributed by atoms with Crippen LogP contribution in [0.3, 0.4) is 0 Å². The monoisotopic (exact) mass is 453 g/mol. The number of aromatic nitrogens is 3. The second kappa shape index (κ2) is 8.74. The number of benzene rings is 3. The van der Waals surface area contributed by atoms with Crippen molar-refractivity contribution in [3.63, 3.8) is 0 Å². The van der Waals surface area contributed by atoms with Gasteiger partial charge in [0.05, 0.1) is 5.57 Å². The first kappa shape index (κ1) is 21.3. The number of amides is 1. The molecule has 1 unspecified atom stereocenters. The molecular weight excluding hydrogens is 430 g/mol. The molecule has 1 aliphatic heterocycles. The normalized spacial score (nSPS) is 14.9. The number of rotatable bonds is 6. The fourth-order valence-corrected chi connectivity index (χ4v) is 4.03. The molecule has 4 N–H and O–H groups in total. The minimum atomic E-state index is -0.576. The van der Waals surface area contributed by atoms with Crippen molar-refractivity contribution in [1.29, 1.82) is 0 Å². The Morgan fingerprint density at radius 1 is 1.09 bits per heavy atom. The van der Waals surface area contributed by atoms with Crippen molar-refractivity contribution in [1.82, 2.24) is 14.8 Å². The Morgan fingerprint density at radius 2 is 1.85 bits per heavy atom. The van der Waals surface area contributed by atoms with Crippen molar-refractivity contribution in [2.45, 2.75) is 19.6 Å². The van der Waals surface area contributed by atoms with Crippen molar-refractivity contribution in [2.75, 3.05) is 5.32 Å². The number of nitrogens with one attached hydrogen (secondary N) is 1. The van der Waals surface area contributed by atoms with Gasteiger partial charge in [-0.3, -0.25) is 4.79 Å². The van der Waals surface area contributed by atoms with E-state index in [4.69, 9.17) is 10.5 Å². The number of primary amides is 1. The molecule has 0 saturated carbocycles. The number of anilines is 1. The minimum Gasteiger partial charge on any atom is -0.508 e. The smallest absolute Gasteiger partial charge is 0.248 e. The molecule has 3 aromatic carbocycles. The predicted molar refractivity (Wildman–Crippen MR) is 128 cm³/mol. The molecule has 0 bridgehead atoms. The summed E-state index contributed by atoms with van der Waals surface area (Å²) in [5.41, 5.74) is 9.39. The topological polar surface area (TPSA) is 115 Å². The third-order valence-electron chi connectivity index (χ3n) is 5.67. The van der Waals surface area contributed by atoms with E-state index in [0.29, 0.717) is 35.4 Å². The largest absolute Gasteiger partial charge is 0.508 e. The summed E-state index contributed by atoms with van der Waals surface area (Å²) in [5.74, 6) is 1.23. The third-order valence-corrected chi connectivity index (χ3v) is 5.67. The van der Waals surface area contributed by atoms with Crippen LogP contribution in [0.1, 0.15) is 24.1 Å². The van der Waals surface area contributed by atoms with Gasteiger partial charge in [0.2, 0.25) is 11.9 Å². The summed E-state index contributed by atoms with van der Waals surface area (Å²) in [6.07, 6.45) is 0. The quantitative estimate of drug-likeness (QED) is 0.406. The zero-order chi connectivity index (χ0) is 23.7. The van der Waals surface area contributed by atoms with Gasteiger partial charge in [-0.1, -0.05) is 42.5 Å². The van der Waals surface area contributed by atoms with Gasteiger partial charge in [-0.15, -0.1) is 5.10 Å². The zero-order valence-corrected chi connectivity index (χ0v) is 18.5. The van der Waals surface area contributed by atoms with Gasteiger partial charge in [0, 0.05) is 11.3 Å². The second-order valence-electron chi connectivity index (χ2n) is 8.03. The number of nitrogens with two attached hydrogens (primary N) is 1. The Bertz CT molecular complexity index is 1380. The van der Waals surface area contributed by atoms with Crippen LogP contribution in [0, 0.1) is 0 Å². The van der Waals surface area contributed by atoms with E-state index in [2.05, 4.69) is 15.4 Å². The fourth-order valence-electron chi connectivity index (χ4n) is 4.03. The van der Waals surface area contributed by atoms with Crippen LogP contribution in [-0.2, 0) is 11.4 Å². The Labute approximate surface area is 196 Å². The van der Waals surface area contributed by atoms with Crippen LogP contribution < -0.4 is 15.8 Å². The van der Waals surface area contributed by atoms with Crippen LogP contribution in [0.25, 0.3) is 11.4 Å². The number of hydrogen-bond donors (Lipinski definition) is 3. The lowest BCUT2D eigenvalue weighted by molar-refractivity contribution is -0.115. The van der Waals surface area contributed by atoms with Gasteiger partial charge in [-0.05, 0) is 54.4 Å². The van der Waals surface area contributed by atoms with E-state index >= 15 is 0 Å². The average molecular weight is 454 g/mol. The van der Waals surface area contributed by atoms with Crippen LogP contribution in [0.5, 0.6) is 11.5 Å². The molecule has 0 aliphatic carbocycles. The maximum Gasteiger partial charge on any atom is 0.248 e. The Morgan fingerprint density at radius 3 is 2.59 bits per heavy atom. The maximum absolute atomic E-state index is 12.5. The molecule has 0 saturated heterocycles. The number of carbonyl (C=O) groups is 1. The number of phenols is 1. The third kappa shape index (κ3) is 4.09. The van der Waals surface area contributed by atoms with Crippen LogP contribution in [0.2, 0.25) is 0 Å². The summed E-state index contributed by atoms with van der Waals surface area (Å²) in [6.45, 7) is 2.22. The van der Waals surface area contributed by atoms with E-state index in [1.54, 1.807) is 35.9 Å². The van der Waals surface area contributed by atoms with Crippen LogP contribution in [0.15, 0.2) is 90.1 Å². The number of ether oxygens (including phenoxy) is 1. The van der Waals surface area contributed by atoms with Crippen LogP contribution in [-0.4, -0.2) is 25.8 Å². The van der Waals surface area contributed by atoms with Gasteiger partial charge in [-0.2, -0.15) is 4.98 Å². The van der Waals surface area contributed by atoms with E-state index in [1.165, 1.54) is 0 Å². The molecule has 1 aliphatic rings. The maximum atomic E-state index is 12.5. The molecule has 2 heterocycles. The summed E-state index contributed by atoms with van der Waals surface area (Å²) in [7, 11) is 0. The van der Waals surface area contributed by atoms with Crippen molar-refractivity contribution in [3.8, 4) is 22.9 Å². The highest BCUT2D eigenvalue weighted by Crippen LogP contribution is 2.37. The lowest BCUT2D eigenvalue weighted by Crippen LogP contribution is -2.31. The van der Waals surface area contributed by atoms with Gasteiger partial charge in [0.15, 0.2) is 5.82 Å². The lowest BCUT2D eigenvalue weighted by atomic mass is 9.95. The van der Waals surface area contributed by atoms with Crippen molar-refractivity contribution < 1.29 is 14.6 Å². The summed E-state index contributed by atoms with van der Waals surface area (Å²) < 4.78 is 7.66.